The Kier molecular flexibility index (Phi) is 4.35. The van der Waals surface area contributed by atoms with Gasteiger partial charge in [0.1, 0.15) is 5.75 Å². The first kappa shape index (κ1) is 9.68. The Morgan fingerprint density at radius 3 is 2.30 bits per heavy atom. The molecule has 0 spiro atoms. The quantitative estimate of drug-likeness (QED) is 0.778. The summed E-state index contributed by atoms with van der Waals surface area (Å²) in [4.78, 5) is 0. The SMILES string of the molecule is C=Cc1ccccc1O.[Pb]. The van der Waals surface area contributed by atoms with Gasteiger partial charge in [0.15, 0.2) is 0 Å². The minimum absolute atomic E-state index is 0. The third-order valence-corrected chi connectivity index (χ3v) is 1.16. The van der Waals surface area contributed by atoms with Gasteiger partial charge in [-0.3, -0.25) is 0 Å². The van der Waals surface area contributed by atoms with Crippen LogP contribution in [0.15, 0.2) is 30.8 Å². The van der Waals surface area contributed by atoms with E-state index in [-0.39, 0.29) is 33.0 Å². The van der Waals surface area contributed by atoms with Crippen LogP contribution in [0.3, 0.4) is 0 Å². The van der Waals surface area contributed by atoms with Crippen molar-refractivity contribution in [2.45, 2.75) is 0 Å². The molecule has 0 aliphatic heterocycles. The molecule has 10 heavy (non-hydrogen) atoms. The molecule has 50 valence electrons. The Hall–Kier alpha value is -0.318. The van der Waals surface area contributed by atoms with Crippen molar-refractivity contribution in [1.29, 1.82) is 0 Å². The molecule has 0 aliphatic rings. The topological polar surface area (TPSA) is 20.2 Å². The second-order valence-corrected chi connectivity index (χ2v) is 1.76. The summed E-state index contributed by atoms with van der Waals surface area (Å²) in [7, 11) is 0. The molecule has 0 saturated carbocycles. The smallest absolute Gasteiger partial charge is 0.122 e. The molecule has 0 aliphatic carbocycles. The third kappa shape index (κ3) is 2.13. The van der Waals surface area contributed by atoms with Crippen molar-refractivity contribution >= 4 is 33.4 Å². The number of benzene rings is 1. The summed E-state index contributed by atoms with van der Waals surface area (Å²) in [6.45, 7) is 3.53. The van der Waals surface area contributed by atoms with E-state index in [0.717, 1.165) is 5.56 Å². The first-order valence-corrected chi connectivity index (χ1v) is 2.75. The fourth-order valence-corrected chi connectivity index (χ4v) is 0.660. The van der Waals surface area contributed by atoms with Crippen LogP contribution in [-0.4, -0.2) is 32.4 Å². The number of phenolic OH excluding ortho intramolecular Hbond substituents is 1. The van der Waals surface area contributed by atoms with Crippen molar-refractivity contribution in [1.82, 2.24) is 0 Å². The summed E-state index contributed by atoms with van der Waals surface area (Å²) in [5, 5.41) is 9.04. The summed E-state index contributed by atoms with van der Waals surface area (Å²) < 4.78 is 0. The van der Waals surface area contributed by atoms with E-state index in [1.54, 1.807) is 18.2 Å². The first-order chi connectivity index (χ1) is 4.34. The van der Waals surface area contributed by atoms with Gasteiger partial charge < -0.3 is 5.11 Å². The average molecular weight is 327 g/mol. The standard InChI is InChI=1S/C8H8O.Pb/c1-2-7-5-3-4-6-8(7)9;/h2-6,9H,1H2;. The van der Waals surface area contributed by atoms with Crippen LogP contribution in [0.2, 0.25) is 0 Å². The molecule has 0 bridgehead atoms. The van der Waals surface area contributed by atoms with Crippen molar-refractivity contribution in [2.75, 3.05) is 0 Å². The normalized spacial score (nSPS) is 8.00. The van der Waals surface area contributed by atoms with Gasteiger partial charge >= 0.3 is 0 Å². The maximum absolute atomic E-state index is 9.04. The van der Waals surface area contributed by atoms with Gasteiger partial charge in [-0.25, -0.2) is 0 Å². The van der Waals surface area contributed by atoms with Crippen molar-refractivity contribution in [3.8, 4) is 5.75 Å². The van der Waals surface area contributed by atoms with E-state index in [2.05, 4.69) is 6.58 Å². The second kappa shape index (κ2) is 4.49. The Balaban J connectivity index is 0.000000810. The van der Waals surface area contributed by atoms with E-state index in [0.29, 0.717) is 0 Å². The Morgan fingerprint density at radius 2 is 1.90 bits per heavy atom. The maximum Gasteiger partial charge on any atom is 0.122 e. The van der Waals surface area contributed by atoms with Gasteiger partial charge in [0, 0.05) is 32.9 Å². The van der Waals surface area contributed by atoms with E-state index >= 15 is 0 Å². The van der Waals surface area contributed by atoms with Gasteiger partial charge in [0.2, 0.25) is 0 Å². The molecule has 2 heteroatoms. The van der Waals surface area contributed by atoms with Crippen LogP contribution in [0.25, 0.3) is 6.08 Å². The third-order valence-electron chi connectivity index (χ3n) is 1.16. The van der Waals surface area contributed by atoms with Crippen LogP contribution in [0.4, 0.5) is 0 Å². The van der Waals surface area contributed by atoms with Gasteiger partial charge in [-0.15, -0.1) is 0 Å². The summed E-state index contributed by atoms with van der Waals surface area (Å²) in [6.07, 6.45) is 1.62. The van der Waals surface area contributed by atoms with Gasteiger partial charge in [-0.2, -0.15) is 0 Å². The molecule has 4 radical (unpaired) electrons. The monoisotopic (exact) mass is 328 g/mol. The molecule has 1 rings (SSSR count). The van der Waals surface area contributed by atoms with Crippen LogP contribution < -0.4 is 0 Å². The molecule has 1 N–H and O–H groups in total. The van der Waals surface area contributed by atoms with E-state index in [1.165, 1.54) is 0 Å². The summed E-state index contributed by atoms with van der Waals surface area (Å²) >= 11 is 0. The summed E-state index contributed by atoms with van der Waals surface area (Å²) in [5.41, 5.74) is 0.775. The van der Waals surface area contributed by atoms with Crippen molar-refractivity contribution in [3.63, 3.8) is 0 Å². The fourth-order valence-electron chi connectivity index (χ4n) is 0.660. The van der Waals surface area contributed by atoms with Gasteiger partial charge in [0.25, 0.3) is 0 Å². The molecule has 0 saturated heterocycles. The predicted octanol–water partition coefficient (Wildman–Crippen LogP) is 1.65. The predicted molar refractivity (Wildman–Crippen MR) is 44.0 cm³/mol. The number of hydrogen-bond acceptors (Lipinski definition) is 1. The largest absolute Gasteiger partial charge is 0.507 e. The zero-order valence-electron chi connectivity index (χ0n) is 5.54. The number of phenols is 1. The molecule has 0 heterocycles. The molecule has 0 unspecified atom stereocenters. The molecule has 0 fully saturated rings. The molecular formula is C8H8OPb. The molecule has 0 aromatic heterocycles. The van der Waals surface area contributed by atoms with Crippen molar-refractivity contribution < 1.29 is 5.11 Å². The van der Waals surface area contributed by atoms with Crippen LogP contribution in [0.5, 0.6) is 5.75 Å². The minimum atomic E-state index is 0. The number of para-hydroxylation sites is 1. The van der Waals surface area contributed by atoms with Gasteiger partial charge in [0.05, 0.1) is 0 Å². The zero-order chi connectivity index (χ0) is 6.69. The van der Waals surface area contributed by atoms with Crippen LogP contribution in [0.1, 0.15) is 5.56 Å². The van der Waals surface area contributed by atoms with Crippen LogP contribution in [0, 0.1) is 0 Å². The van der Waals surface area contributed by atoms with Crippen LogP contribution >= 0.6 is 0 Å². The van der Waals surface area contributed by atoms with Crippen molar-refractivity contribution in [3.05, 3.63) is 36.4 Å². The molecule has 0 atom stereocenters. The molecule has 1 nitrogen and oxygen atoms in total. The molecular weight excluding hydrogens is 319 g/mol. The van der Waals surface area contributed by atoms with E-state index < -0.39 is 0 Å². The first-order valence-electron chi connectivity index (χ1n) is 2.75. The van der Waals surface area contributed by atoms with Gasteiger partial charge in [-0.1, -0.05) is 30.9 Å². The number of rotatable bonds is 1. The summed E-state index contributed by atoms with van der Waals surface area (Å²) in [6, 6.07) is 7.08. The van der Waals surface area contributed by atoms with Crippen molar-refractivity contribution in [2.24, 2.45) is 0 Å². The number of hydrogen-bond donors (Lipinski definition) is 1. The maximum atomic E-state index is 9.04. The Morgan fingerprint density at radius 1 is 1.30 bits per heavy atom. The van der Waals surface area contributed by atoms with E-state index in [9.17, 15) is 0 Å². The average Bonchev–Trinajstić information content (AvgIpc) is 1.89. The molecule has 1 aromatic rings. The second-order valence-electron chi connectivity index (χ2n) is 1.76. The minimum Gasteiger partial charge on any atom is -0.507 e. The van der Waals surface area contributed by atoms with Crippen LogP contribution in [-0.2, 0) is 0 Å². The van der Waals surface area contributed by atoms with E-state index in [1.807, 2.05) is 12.1 Å². The van der Waals surface area contributed by atoms with E-state index in [4.69, 9.17) is 5.11 Å². The summed E-state index contributed by atoms with van der Waals surface area (Å²) in [5.74, 6) is 0.285. The fraction of sp³-hybridized carbons (Fsp3) is 0. The zero-order valence-corrected chi connectivity index (χ0v) is 9.43. The molecule has 1 aromatic carbocycles. The van der Waals surface area contributed by atoms with Gasteiger partial charge in [-0.05, 0) is 6.07 Å². The number of aromatic hydroxyl groups is 1. The molecule has 0 amide bonds. The Labute approximate surface area is 80.5 Å². The Bertz CT molecular complexity index is 220.